The smallest absolute Gasteiger partial charge is 0.293 e. The standard InChI is InChI=1S/C22H20F4N2O2/c1-14(16-7-4-3-5-8-16)12-28-20(29)11-15(2)27(21(28)30)13-17-18(22(24,25)26)9-6-10-19(17)23/h3-11,14H,12-13H2,1-2H3/t14-/m0/s1. The van der Waals surface area contributed by atoms with Gasteiger partial charge in [-0.2, -0.15) is 13.2 Å². The molecule has 0 spiro atoms. The van der Waals surface area contributed by atoms with Crippen LogP contribution in [0.1, 0.15) is 35.2 Å². The van der Waals surface area contributed by atoms with Gasteiger partial charge in [0.1, 0.15) is 5.82 Å². The Hall–Kier alpha value is -3.16. The average molecular weight is 420 g/mol. The third-order valence-corrected chi connectivity index (χ3v) is 5.05. The Bertz CT molecular complexity index is 1160. The zero-order valence-corrected chi connectivity index (χ0v) is 16.4. The van der Waals surface area contributed by atoms with Gasteiger partial charge in [-0.25, -0.2) is 9.18 Å². The minimum absolute atomic E-state index is 0.0470. The highest BCUT2D eigenvalue weighted by atomic mass is 19.4. The number of rotatable bonds is 5. The summed E-state index contributed by atoms with van der Waals surface area (Å²) >= 11 is 0. The number of hydrogen-bond donors (Lipinski definition) is 0. The molecule has 2 aromatic carbocycles. The van der Waals surface area contributed by atoms with Crippen molar-refractivity contribution in [3.05, 3.63) is 104 Å². The first-order chi connectivity index (χ1) is 14.1. The Morgan fingerprint density at radius 3 is 2.27 bits per heavy atom. The van der Waals surface area contributed by atoms with E-state index < -0.39 is 40.9 Å². The van der Waals surface area contributed by atoms with E-state index in [2.05, 4.69) is 0 Å². The Labute approximate surface area is 170 Å². The van der Waals surface area contributed by atoms with Gasteiger partial charge in [0.25, 0.3) is 5.56 Å². The summed E-state index contributed by atoms with van der Waals surface area (Å²) in [5, 5.41) is 0. The number of aromatic nitrogens is 2. The first-order valence-electron chi connectivity index (χ1n) is 9.30. The molecule has 8 heteroatoms. The molecule has 0 bridgehead atoms. The molecule has 0 N–H and O–H groups in total. The first kappa shape index (κ1) is 21.5. The van der Waals surface area contributed by atoms with Crippen molar-refractivity contribution in [3.63, 3.8) is 0 Å². The topological polar surface area (TPSA) is 44.0 Å². The molecule has 3 aromatic rings. The molecular formula is C22H20F4N2O2. The van der Waals surface area contributed by atoms with E-state index in [0.717, 1.165) is 32.9 Å². The summed E-state index contributed by atoms with van der Waals surface area (Å²) in [4.78, 5) is 25.4. The number of nitrogens with zero attached hydrogens (tertiary/aromatic N) is 2. The van der Waals surface area contributed by atoms with Gasteiger partial charge in [0.2, 0.25) is 0 Å². The fraction of sp³-hybridized carbons (Fsp3) is 0.273. The van der Waals surface area contributed by atoms with Crippen LogP contribution in [0.2, 0.25) is 0 Å². The monoisotopic (exact) mass is 420 g/mol. The number of aryl methyl sites for hydroxylation is 1. The lowest BCUT2D eigenvalue weighted by atomic mass is 10.0. The zero-order chi connectivity index (χ0) is 22.1. The SMILES string of the molecule is Cc1cc(=O)n(C[C@H](C)c2ccccc2)c(=O)n1Cc1c(F)cccc1C(F)(F)F. The van der Waals surface area contributed by atoms with Gasteiger partial charge in [-0.3, -0.25) is 13.9 Å². The quantitative estimate of drug-likeness (QED) is 0.577. The van der Waals surface area contributed by atoms with Crippen molar-refractivity contribution in [3.8, 4) is 0 Å². The van der Waals surface area contributed by atoms with Crippen molar-refractivity contribution in [2.75, 3.05) is 0 Å². The van der Waals surface area contributed by atoms with Crippen LogP contribution in [0.25, 0.3) is 0 Å². The van der Waals surface area contributed by atoms with E-state index in [1.807, 2.05) is 37.3 Å². The van der Waals surface area contributed by atoms with Crippen molar-refractivity contribution in [1.29, 1.82) is 0 Å². The third kappa shape index (κ3) is 4.37. The molecule has 0 saturated carbocycles. The zero-order valence-electron chi connectivity index (χ0n) is 16.4. The van der Waals surface area contributed by atoms with Crippen LogP contribution in [-0.4, -0.2) is 9.13 Å². The maximum Gasteiger partial charge on any atom is 0.416 e. The van der Waals surface area contributed by atoms with Gasteiger partial charge in [-0.1, -0.05) is 43.3 Å². The Kier molecular flexibility index (Phi) is 5.96. The predicted molar refractivity (Wildman–Crippen MR) is 105 cm³/mol. The normalized spacial score (nSPS) is 12.7. The Morgan fingerprint density at radius 1 is 0.967 bits per heavy atom. The molecule has 30 heavy (non-hydrogen) atoms. The van der Waals surface area contributed by atoms with Gasteiger partial charge in [-0.15, -0.1) is 0 Å². The second-order valence-corrected chi connectivity index (χ2v) is 7.18. The molecule has 0 amide bonds. The number of alkyl halides is 3. The molecule has 1 heterocycles. The van der Waals surface area contributed by atoms with Crippen molar-refractivity contribution in [2.45, 2.75) is 39.0 Å². The summed E-state index contributed by atoms with van der Waals surface area (Å²) in [7, 11) is 0. The van der Waals surface area contributed by atoms with Crippen molar-refractivity contribution >= 4 is 0 Å². The fourth-order valence-electron chi connectivity index (χ4n) is 3.39. The maximum atomic E-state index is 14.3. The lowest BCUT2D eigenvalue weighted by Gasteiger charge is -2.19. The molecule has 0 unspecified atom stereocenters. The van der Waals surface area contributed by atoms with E-state index in [4.69, 9.17) is 0 Å². The molecular weight excluding hydrogens is 400 g/mol. The lowest BCUT2D eigenvalue weighted by molar-refractivity contribution is -0.138. The van der Waals surface area contributed by atoms with E-state index in [9.17, 15) is 27.2 Å². The lowest BCUT2D eigenvalue weighted by Crippen LogP contribution is -2.41. The van der Waals surface area contributed by atoms with Gasteiger partial charge >= 0.3 is 11.9 Å². The molecule has 0 aliphatic heterocycles. The van der Waals surface area contributed by atoms with E-state index in [1.54, 1.807) is 0 Å². The average Bonchev–Trinajstić information content (AvgIpc) is 2.69. The fourth-order valence-corrected chi connectivity index (χ4v) is 3.39. The van der Waals surface area contributed by atoms with Gasteiger partial charge in [0, 0.05) is 23.9 Å². The van der Waals surface area contributed by atoms with E-state index in [0.29, 0.717) is 0 Å². The van der Waals surface area contributed by atoms with Crippen LogP contribution in [0.4, 0.5) is 17.6 Å². The summed E-state index contributed by atoms with van der Waals surface area (Å²) in [5.41, 5.74) is -2.06. The molecule has 1 aromatic heterocycles. The van der Waals surface area contributed by atoms with Crippen molar-refractivity contribution in [2.24, 2.45) is 0 Å². The highest BCUT2D eigenvalue weighted by molar-refractivity contribution is 5.31. The second kappa shape index (κ2) is 8.30. The molecule has 0 radical (unpaired) electrons. The van der Waals surface area contributed by atoms with Crippen LogP contribution in [0.15, 0.2) is 64.2 Å². The van der Waals surface area contributed by atoms with Gasteiger partial charge in [-0.05, 0) is 30.5 Å². The van der Waals surface area contributed by atoms with Crippen molar-refractivity contribution in [1.82, 2.24) is 9.13 Å². The Balaban J connectivity index is 2.06. The first-order valence-corrected chi connectivity index (χ1v) is 9.30. The van der Waals surface area contributed by atoms with Crippen molar-refractivity contribution < 1.29 is 17.6 Å². The van der Waals surface area contributed by atoms with Crippen LogP contribution < -0.4 is 11.2 Å². The molecule has 0 aliphatic rings. The molecule has 158 valence electrons. The van der Waals surface area contributed by atoms with Crippen LogP contribution in [-0.2, 0) is 19.3 Å². The summed E-state index contributed by atoms with van der Waals surface area (Å²) in [5.74, 6) is -1.25. The predicted octanol–water partition coefficient (Wildman–Crippen LogP) is 4.33. The van der Waals surface area contributed by atoms with Crippen LogP contribution in [0.3, 0.4) is 0 Å². The number of benzene rings is 2. The largest absolute Gasteiger partial charge is 0.416 e. The van der Waals surface area contributed by atoms with E-state index >= 15 is 0 Å². The molecule has 0 aliphatic carbocycles. The minimum atomic E-state index is -4.77. The number of hydrogen-bond acceptors (Lipinski definition) is 2. The van der Waals surface area contributed by atoms with Crippen LogP contribution in [0.5, 0.6) is 0 Å². The molecule has 1 atom stereocenters. The van der Waals surface area contributed by atoms with E-state index in [1.165, 1.54) is 13.0 Å². The molecule has 3 rings (SSSR count). The van der Waals surface area contributed by atoms with Gasteiger partial charge in [0.15, 0.2) is 0 Å². The van der Waals surface area contributed by atoms with Crippen LogP contribution >= 0.6 is 0 Å². The summed E-state index contributed by atoms with van der Waals surface area (Å²) in [6.07, 6.45) is -4.77. The molecule has 4 nitrogen and oxygen atoms in total. The van der Waals surface area contributed by atoms with Gasteiger partial charge < -0.3 is 0 Å². The van der Waals surface area contributed by atoms with E-state index in [-0.39, 0.29) is 18.2 Å². The highest BCUT2D eigenvalue weighted by Gasteiger charge is 2.34. The van der Waals surface area contributed by atoms with Crippen LogP contribution in [0, 0.1) is 12.7 Å². The summed E-state index contributed by atoms with van der Waals surface area (Å²) in [6.45, 7) is 2.68. The minimum Gasteiger partial charge on any atom is -0.293 e. The summed E-state index contributed by atoms with van der Waals surface area (Å²) < 4.78 is 56.2. The molecule has 0 saturated heterocycles. The molecule has 0 fully saturated rings. The summed E-state index contributed by atoms with van der Waals surface area (Å²) in [6, 6.07) is 13.1. The highest BCUT2D eigenvalue weighted by Crippen LogP contribution is 2.33. The second-order valence-electron chi connectivity index (χ2n) is 7.18. The number of halogens is 4. The third-order valence-electron chi connectivity index (χ3n) is 5.05. The maximum absolute atomic E-state index is 14.3. The van der Waals surface area contributed by atoms with Gasteiger partial charge in [0.05, 0.1) is 12.1 Å². The Morgan fingerprint density at radius 2 is 1.63 bits per heavy atom.